The van der Waals surface area contributed by atoms with Crippen LogP contribution in [0.3, 0.4) is 0 Å². The molecule has 0 spiro atoms. The molecule has 0 radical (unpaired) electrons. The molecule has 1 unspecified atom stereocenters. The van der Waals surface area contributed by atoms with Crippen molar-refractivity contribution in [1.29, 1.82) is 0 Å². The fourth-order valence-corrected chi connectivity index (χ4v) is 2.67. The average molecular weight is 227 g/mol. The molecule has 0 saturated heterocycles. The summed E-state index contributed by atoms with van der Waals surface area (Å²) in [5.74, 6) is 0. The third kappa shape index (κ3) is 3.59. The molecule has 1 atom stereocenters. The van der Waals surface area contributed by atoms with Crippen molar-refractivity contribution in [3.05, 3.63) is 21.9 Å². The van der Waals surface area contributed by atoms with Gasteiger partial charge in [-0.2, -0.15) is 0 Å². The van der Waals surface area contributed by atoms with Crippen molar-refractivity contribution in [3.63, 3.8) is 0 Å². The summed E-state index contributed by atoms with van der Waals surface area (Å²) in [4.78, 5) is 1.43. The maximum atomic E-state index is 5.60. The van der Waals surface area contributed by atoms with Crippen LogP contribution in [0.4, 0.5) is 0 Å². The molecule has 0 aromatic carbocycles. The lowest BCUT2D eigenvalue weighted by molar-refractivity contribution is 0.115. The minimum atomic E-state index is 0.353. The fraction of sp³-hybridized carbons (Fsp3) is 0.667. The molecule has 1 rings (SSSR count). The molecule has 1 heterocycles. The van der Waals surface area contributed by atoms with Crippen molar-refractivity contribution in [3.8, 4) is 0 Å². The monoisotopic (exact) mass is 227 g/mol. The lowest BCUT2D eigenvalue weighted by atomic mass is 10.1. The van der Waals surface area contributed by atoms with E-state index in [1.807, 2.05) is 18.4 Å². The minimum Gasteiger partial charge on any atom is -0.379 e. The summed E-state index contributed by atoms with van der Waals surface area (Å²) < 4.78 is 5.60. The molecule has 0 fully saturated rings. The molecule has 1 aromatic heterocycles. The highest BCUT2D eigenvalue weighted by atomic mass is 32.1. The number of nitrogens with one attached hydrogen (secondary N) is 1. The average Bonchev–Trinajstić information content (AvgIpc) is 2.72. The summed E-state index contributed by atoms with van der Waals surface area (Å²) in [6, 6.07) is 2.57. The SMILES string of the molecule is CCCOCC(NC)c1sccc1CC. The highest BCUT2D eigenvalue weighted by molar-refractivity contribution is 7.10. The largest absolute Gasteiger partial charge is 0.379 e. The van der Waals surface area contributed by atoms with Crippen LogP contribution in [0.2, 0.25) is 0 Å². The maximum Gasteiger partial charge on any atom is 0.0669 e. The van der Waals surface area contributed by atoms with Crippen LogP contribution in [0, 0.1) is 0 Å². The van der Waals surface area contributed by atoms with Gasteiger partial charge in [0.05, 0.1) is 12.6 Å². The Labute approximate surface area is 96.7 Å². The molecule has 0 bridgehead atoms. The van der Waals surface area contributed by atoms with Crippen molar-refractivity contribution >= 4 is 11.3 Å². The van der Waals surface area contributed by atoms with Crippen LogP contribution in [0.15, 0.2) is 11.4 Å². The van der Waals surface area contributed by atoms with Gasteiger partial charge in [0.15, 0.2) is 0 Å². The predicted molar refractivity (Wildman–Crippen MR) is 66.6 cm³/mol. The van der Waals surface area contributed by atoms with Crippen molar-refractivity contribution in [2.75, 3.05) is 20.3 Å². The summed E-state index contributed by atoms with van der Waals surface area (Å²) in [5.41, 5.74) is 1.44. The topological polar surface area (TPSA) is 21.3 Å². The number of aryl methyl sites for hydroxylation is 1. The van der Waals surface area contributed by atoms with Gasteiger partial charge in [0.2, 0.25) is 0 Å². The van der Waals surface area contributed by atoms with Crippen LogP contribution in [0.5, 0.6) is 0 Å². The normalized spacial score (nSPS) is 13.0. The van der Waals surface area contributed by atoms with E-state index in [-0.39, 0.29) is 0 Å². The molecule has 0 aliphatic carbocycles. The van der Waals surface area contributed by atoms with Gasteiger partial charge in [0.1, 0.15) is 0 Å². The van der Waals surface area contributed by atoms with Crippen molar-refractivity contribution in [1.82, 2.24) is 5.32 Å². The van der Waals surface area contributed by atoms with Crippen LogP contribution in [-0.2, 0) is 11.2 Å². The smallest absolute Gasteiger partial charge is 0.0669 e. The Morgan fingerprint density at radius 3 is 2.87 bits per heavy atom. The third-order valence-corrected chi connectivity index (χ3v) is 3.53. The molecule has 86 valence electrons. The summed E-state index contributed by atoms with van der Waals surface area (Å²) >= 11 is 1.82. The summed E-state index contributed by atoms with van der Waals surface area (Å²) in [5, 5.41) is 5.49. The van der Waals surface area contributed by atoms with Gasteiger partial charge in [-0.25, -0.2) is 0 Å². The Bertz CT molecular complexity index is 272. The molecular formula is C12H21NOS. The quantitative estimate of drug-likeness (QED) is 0.723. The first-order valence-corrected chi connectivity index (χ1v) is 6.52. The zero-order chi connectivity index (χ0) is 11.1. The second-order valence-electron chi connectivity index (χ2n) is 3.58. The van der Waals surface area contributed by atoms with Crippen molar-refractivity contribution in [2.45, 2.75) is 32.7 Å². The van der Waals surface area contributed by atoms with E-state index in [4.69, 9.17) is 4.74 Å². The van der Waals surface area contributed by atoms with Gasteiger partial charge >= 0.3 is 0 Å². The highest BCUT2D eigenvalue weighted by Gasteiger charge is 2.14. The van der Waals surface area contributed by atoms with E-state index in [1.165, 1.54) is 10.4 Å². The van der Waals surface area contributed by atoms with Crippen LogP contribution in [0.1, 0.15) is 36.8 Å². The third-order valence-electron chi connectivity index (χ3n) is 2.46. The van der Waals surface area contributed by atoms with E-state index in [0.29, 0.717) is 6.04 Å². The number of thiophene rings is 1. The van der Waals surface area contributed by atoms with Gasteiger partial charge in [0.25, 0.3) is 0 Å². The van der Waals surface area contributed by atoms with Crippen molar-refractivity contribution < 1.29 is 4.74 Å². The lowest BCUT2D eigenvalue weighted by Gasteiger charge is -2.16. The zero-order valence-electron chi connectivity index (χ0n) is 9.88. The first kappa shape index (κ1) is 12.7. The Kier molecular flexibility index (Phi) is 5.91. The Morgan fingerprint density at radius 1 is 1.47 bits per heavy atom. The number of hydrogen-bond acceptors (Lipinski definition) is 3. The number of rotatable bonds is 7. The minimum absolute atomic E-state index is 0.353. The van der Waals surface area contributed by atoms with Crippen LogP contribution >= 0.6 is 11.3 Å². The van der Waals surface area contributed by atoms with Gasteiger partial charge < -0.3 is 10.1 Å². The molecule has 0 aliphatic rings. The summed E-state index contributed by atoms with van der Waals surface area (Å²) in [6.07, 6.45) is 2.19. The fourth-order valence-electron chi connectivity index (χ4n) is 1.58. The van der Waals surface area contributed by atoms with Gasteiger partial charge in [-0.1, -0.05) is 13.8 Å². The molecule has 0 saturated carbocycles. The maximum absolute atomic E-state index is 5.60. The molecule has 0 aliphatic heterocycles. The molecule has 2 nitrogen and oxygen atoms in total. The molecular weight excluding hydrogens is 206 g/mol. The Hall–Kier alpha value is -0.380. The van der Waals surface area contributed by atoms with Crippen LogP contribution < -0.4 is 5.32 Å². The summed E-state index contributed by atoms with van der Waals surface area (Å²) in [7, 11) is 2.00. The van der Waals surface area contributed by atoms with E-state index in [9.17, 15) is 0 Å². The van der Waals surface area contributed by atoms with Crippen LogP contribution in [0.25, 0.3) is 0 Å². The number of hydrogen-bond donors (Lipinski definition) is 1. The van der Waals surface area contributed by atoms with E-state index in [1.54, 1.807) is 0 Å². The second-order valence-corrected chi connectivity index (χ2v) is 4.53. The summed E-state index contributed by atoms with van der Waals surface area (Å²) in [6.45, 7) is 5.96. The van der Waals surface area contributed by atoms with E-state index in [2.05, 4.69) is 30.6 Å². The van der Waals surface area contributed by atoms with Gasteiger partial charge in [-0.3, -0.25) is 0 Å². The zero-order valence-corrected chi connectivity index (χ0v) is 10.7. The lowest BCUT2D eigenvalue weighted by Crippen LogP contribution is -2.22. The second kappa shape index (κ2) is 6.99. The van der Waals surface area contributed by atoms with Gasteiger partial charge in [-0.05, 0) is 36.9 Å². The number of likely N-dealkylation sites (N-methyl/N-ethyl adjacent to an activating group) is 1. The number of ether oxygens (including phenoxy) is 1. The van der Waals surface area contributed by atoms with Gasteiger partial charge in [0, 0.05) is 11.5 Å². The standard InChI is InChI=1S/C12H21NOS/c1-4-7-14-9-11(13-3)12-10(5-2)6-8-15-12/h6,8,11,13H,4-5,7,9H2,1-3H3. The Morgan fingerprint density at radius 2 is 2.27 bits per heavy atom. The first-order valence-electron chi connectivity index (χ1n) is 5.64. The highest BCUT2D eigenvalue weighted by Crippen LogP contribution is 2.25. The van der Waals surface area contributed by atoms with E-state index in [0.717, 1.165) is 26.1 Å². The van der Waals surface area contributed by atoms with Crippen LogP contribution in [-0.4, -0.2) is 20.3 Å². The Balaban J connectivity index is 2.57. The van der Waals surface area contributed by atoms with E-state index >= 15 is 0 Å². The molecule has 3 heteroatoms. The molecule has 1 N–H and O–H groups in total. The van der Waals surface area contributed by atoms with Gasteiger partial charge in [-0.15, -0.1) is 11.3 Å². The van der Waals surface area contributed by atoms with Crippen molar-refractivity contribution in [2.24, 2.45) is 0 Å². The molecule has 1 aromatic rings. The molecule has 15 heavy (non-hydrogen) atoms. The first-order chi connectivity index (χ1) is 7.33. The predicted octanol–water partition coefficient (Wildman–Crippen LogP) is 3.00. The van der Waals surface area contributed by atoms with E-state index < -0.39 is 0 Å². The molecule has 0 amide bonds.